The second-order valence-electron chi connectivity index (χ2n) is 2.20. The summed E-state index contributed by atoms with van der Waals surface area (Å²) in [6.45, 7) is 1.87. The number of halogens is 1. The van der Waals surface area contributed by atoms with Crippen LogP contribution < -0.4 is 5.32 Å². The molecule has 0 saturated carbocycles. The molecule has 0 aliphatic heterocycles. The molecule has 2 N–H and O–H groups in total. The quantitative estimate of drug-likeness (QED) is 0.440. The van der Waals surface area contributed by atoms with Crippen molar-refractivity contribution < 1.29 is 9.90 Å². The van der Waals surface area contributed by atoms with Gasteiger partial charge < -0.3 is 10.4 Å². The second kappa shape index (κ2) is 5.69. The van der Waals surface area contributed by atoms with Gasteiger partial charge in [-0.2, -0.15) is 12.6 Å². The van der Waals surface area contributed by atoms with Crippen molar-refractivity contribution in [2.24, 2.45) is 0 Å². The largest absolute Gasteiger partial charge is 0.395 e. The molecule has 0 aliphatic carbocycles. The van der Waals surface area contributed by atoms with Crippen molar-refractivity contribution in [3.63, 3.8) is 0 Å². The van der Waals surface area contributed by atoms with Crippen molar-refractivity contribution in [2.45, 2.75) is 17.6 Å². The molecule has 0 bridgehead atoms. The Kier molecular flexibility index (Phi) is 5.72. The van der Waals surface area contributed by atoms with E-state index in [1.807, 2.05) is 0 Å². The van der Waals surface area contributed by atoms with E-state index in [0.717, 1.165) is 0 Å². The van der Waals surface area contributed by atoms with Crippen molar-refractivity contribution in [1.29, 1.82) is 0 Å². The SMILES string of the molecule is CC(Cl)C(=O)NCC(S)CO. The minimum absolute atomic E-state index is 0.0555. The number of rotatable bonds is 4. The van der Waals surface area contributed by atoms with Crippen LogP contribution in [0.15, 0.2) is 0 Å². The van der Waals surface area contributed by atoms with Gasteiger partial charge in [0.15, 0.2) is 0 Å². The van der Waals surface area contributed by atoms with Gasteiger partial charge in [0.1, 0.15) is 5.38 Å². The predicted octanol–water partition coefficient (Wildman–Crippen LogP) is 0.0206. The standard InChI is InChI=1S/C6H12ClNO2S/c1-4(7)6(10)8-2-5(11)3-9/h4-5,9,11H,2-3H2,1H3,(H,8,10). The van der Waals surface area contributed by atoms with E-state index in [9.17, 15) is 4.79 Å². The third-order valence-electron chi connectivity index (χ3n) is 1.08. The van der Waals surface area contributed by atoms with E-state index >= 15 is 0 Å². The van der Waals surface area contributed by atoms with Crippen molar-refractivity contribution in [3.05, 3.63) is 0 Å². The first-order valence-corrected chi connectivity index (χ1v) is 4.24. The summed E-state index contributed by atoms with van der Waals surface area (Å²) >= 11 is 9.42. The van der Waals surface area contributed by atoms with Crippen LogP contribution in [0.1, 0.15) is 6.92 Å². The Bertz CT molecular complexity index is 132. The van der Waals surface area contributed by atoms with Crippen LogP contribution in [0, 0.1) is 0 Å². The third-order valence-corrected chi connectivity index (χ3v) is 1.63. The number of hydrogen-bond acceptors (Lipinski definition) is 3. The zero-order chi connectivity index (χ0) is 8.85. The number of carbonyl (C=O) groups is 1. The number of nitrogens with one attached hydrogen (secondary N) is 1. The highest BCUT2D eigenvalue weighted by molar-refractivity contribution is 7.81. The number of aliphatic hydroxyl groups excluding tert-OH is 1. The number of alkyl halides is 1. The number of carbonyl (C=O) groups excluding carboxylic acids is 1. The molecule has 0 radical (unpaired) electrons. The lowest BCUT2D eigenvalue weighted by Crippen LogP contribution is -2.35. The number of thiol groups is 1. The van der Waals surface area contributed by atoms with Gasteiger partial charge in [0.2, 0.25) is 5.91 Å². The molecule has 0 aromatic rings. The van der Waals surface area contributed by atoms with Crippen LogP contribution in [-0.4, -0.2) is 34.8 Å². The van der Waals surface area contributed by atoms with Crippen molar-refractivity contribution in [1.82, 2.24) is 5.32 Å². The lowest BCUT2D eigenvalue weighted by molar-refractivity contribution is -0.120. The maximum Gasteiger partial charge on any atom is 0.237 e. The van der Waals surface area contributed by atoms with E-state index in [-0.39, 0.29) is 17.8 Å². The molecule has 0 rings (SSSR count). The van der Waals surface area contributed by atoms with Gasteiger partial charge in [0.05, 0.1) is 6.61 Å². The van der Waals surface area contributed by atoms with Crippen LogP contribution in [0.3, 0.4) is 0 Å². The molecule has 5 heteroatoms. The normalized spacial score (nSPS) is 15.6. The summed E-state index contributed by atoms with van der Waals surface area (Å²) in [5, 5.41) is 10.3. The summed E-state index contributed by atoms with van der Waals surface area (Å²) in [5.41, 5.74) is 0. The van der Waals surface area contributed by atoms with Gasteiger partial charge in [-0.3, -0.25) is 4.79 Å². The topological polar surface area (TPSA) is 49.3 Å². The monoisotopic (exact) mass is 197 g/mol. The maximum atomic E-state index is 10.8. The summed E-state index contributed by atoms with van der Waals surface area (Å²) in [5.74, 6) is -0.237. The van der Waals surface area contributed by atoms with Gasteiger partial charge >= 0.3 is 0 Å². The minimum Gasteiger partial charge on any atom is -0.395 e. The number of amides is 1. The second-order valence-corrected chi connectivity index (χ2v) is 3.58. The molecule has 0 aromatic heterocycles. The van der Waals surface area contributed by atoms with E-state index in [4.69, 9.17) is 16.7 Å². The Labute approximate surface area is 76.5 Å². The fraction of sp³-hybridized carbons (Fsp3) is 0.833. The number of hydrogen-bond donors (Lipinski definition) is 3. The van der Waals surface area contributed by atoms with E-state index < -0.39 is 5.38 Å². The highest BCUT2D eigenvalue weighted by Crippen LogP contribution is 1.94. The Morgan fingerprint density at radius 3 is 2.73 bits per heavy atom. The Balaban J connectivity index is 3.46. The first-order valence-electron chi connectivity index (χ1n) is 3.28. The molecule has 3 nitrogen and oxygen atoms in total. The Hall–Kier alpha value is 0.0700. The van der Waals surface area contributed by atoms with Gasteiger partial charge in [0, 0.05) is 11.8 Å². The Morgan fingerprint density at radius 1 is 1.82 bits per heavy atom. The van der Waals surface area contributed by atoms with Crippen LogP contribution in [0.2, 0.25) is 0 Å². The zero-order valence-electron chi connectivity index (χ0n) is 6.25. The molecular formula is C6H12ClNO2S. The lowest BCUT2D eigenvalue weighted by Gasteiger charge is -2.09. The molecule has 0 heterocycles. The molecule has 0 fully saturated rings. The fourth-order valence-corrected chi connectivity index (χ4v) is 0.592. The minimum atomic E-state index is -0.533. The van der Waals surface area contributed by atoms with Gasteiger partial charge in [-0.15, -0.1) is 11.6 Å². The molecule has 0 aromatic carbocycles. The Morgan fingerprint density at radius 2 is 2.36 bits per heavy atom. The summed E-state index contributed by atoms with van der Waals surface area (Å²) in [4.78, 5) is 10.8. The number of aliphatic hydroxyl groups is 1. The van der Waals surface area contributed by atoms with Crippen molar-refractivity contribution in [3.8, 4) is 0 Å². The maximum absolute atomic E-state index is 10.8. The molecule has 2 atom stereocenters. The van der Waals surface area contributed by atoms with Crippen LogP contribution in [0.5, 0.6) is 0 Å². The summed E-state index contributed by atoms with van der Waals surface area (Å²) in [6, 6.07) is 0. The van der Waals surface area contributed by atoms with E-state index in [1.165, 1.54) is 0 Å². The van der Waals surface area contributed by atoms with Gasteiger partial charge in [-0.05, 0) is 6.92 Å². The van der Waals surface area contributed by atoms with Crippen LogP contribution in [0.25, 0.3) is 0 Å². The highest BCUT2D eigenvalue weighted by atomic mass is 35.5. The summed E-state index contributed by atoms with van der Waals surface area (Å²) in [7, 11) is 0. The third kappa shape index (κ3) is 5.35. The first-order chi connectivity index (χ1) is 5.07. The van der Waals surface area contributed by atoms with Crippen LogP contribution in [0.4, 0.5) is 0 Å². The molecule has 0 saturated heterocycles. The molecule has 66 valence electrons. The van der Waals surface area contributed by atoms with E-state index in [2.05, 4.69) is 17.9 Å². The molecule has 1 amide bonds. The lowest BCUT2D eigenvalue weighted by atomic mass is 10.4. The summed E-state index contributed by atoms with van der Waals surface area (Å²) in [6.07, 6.45) is 0. The van der Waals surface area contributed by atoms with Gasteiger partial charge in [0.25, 0.3) is 0 Å². The van der Waals surface area contributed by atoms with Gasteiger partial charge in [-0.1, -0.05) is 0 Å². The molecule has 0 aliphatic rings. The van der Waals surface area contributed by atoms with E-state index in [0.29, 0.717) is 6.54 Å². The van der Waals surface area contributed by atoms with Crippen molar-refractivity contribution >= 4 is 30.1 Å². The van der Waals surface area contributed by atoms with E-state index in [1.54, 1.807) is 6.92 Å². The molecule has 0 spiro atoms. The van der Waals surface area contributed by atoms with Crippen molar-refractivity contribution in [2.75, 3.05) is 13.2 Å². The molecular weight excluding hydrogens is 186 g/mol. The fourth-order valence-electron chi connectivity index (χ4n) is 0.424. The average molecular weight is 198 g/mol. The molecule has 2 unspecified atom stereocenters. The molecule has 11 heavy (non-hydrogen) atoms. The first kappa shape index (κ1) is 11.1. The van der Waals surface area contributed by atoms with Crippen LogP contribution in [-0.2, 0) is 4.79 Å². The van der Waals surface area contributed by atoms with Crippen LogP contribution >= 0.6 is 24.2 Å². The summed E-state index contributed by atoms with van der Waals surface area (Å²) < 4.78 is 0. The average Bonchev–Trinajstić information content (AvgIpc) is 1.99. The predicted molar refractivity (Wildman–Crippen MR) is 48.2 cm³/mol. The smallest absolute Gasteiger partial charge is 0.237 e. The zero-order valence-corrected chi connectivity index (χ0v) is 7.90. The van der Waals surface area contributed by atoms with Gasteiger partial charge in [-0.25, -0.2) is 0 Å². The highest BCUT2D eigenvalue weighted by Gasteiger charge is 2.09.